The molecule has 4 nitrogen and oxygen atoms in total. The topological polar surface area (TPSA) is 66.0 Å². The van der Waals surface area contributed by atoms with E-state index in [0.29, 0.717) is 17.7 Å². The summed E-state index contributed by atoms with van der Waals surface area (Å²) in [4.78, 5) is 6.86. The largest absolute Gasteiger partial charge is 0.382 e. The van der Waals surface area contributed by atoms with Crippen LogP contribution in [0.25, 0.3) is 0 Å². The lowest BCUT2D eigenvalue weighted by Gasteiger charge is -2.33. The van der Waals surface area contributed by atoms with E-state index in [1.807, 2.05) is 12.1 Å². The van der Waals surface area contributed by atoms with Crippen LogP contribution in [0.5, 0.6) is 0 Å². The molecule has 0 unspecified atom stereocenters. The summed E-state index contributed by atoms with van der Waals surface area (Å²) in [7, 11) is 0. The predicted molar refractivity (Wildman–Crippen MR) is 81.8 cm³/mol. The van der Waals surface area contributed by atoms with E-state index >= 15 is 0 Å². The molecule has 19 heavy (non-hydrogen) atoms. The van der Waals surface area contributed by atoms with Crippen LogP contribution in [0.15, 0.2) is 18.2 Å². The molecule has 0 atom stereocenters. The minimum atomic E-state index is 0.0240. The van der Waals surface area contributed by atoms with Crippen LogP contribution in [0.2, 0.25) is 0 Å². The second kappa shape index (κ2) is 7.12. The van der Waals surface area contributed by atoms with Crippen LogP contribution in [0.1, 0.15) is 46.2 Å². The summed E-state index contributed by atoms with van der Waals surface area (Å²) in [5.41, 5.74) is 6.08. The molecular weight excluding hydrogens is 236 g/mol. The number of nitrogens with two attached hydrogens (primary N) is 1. The number of nitrogen functional groups attached to an aromatic ring is 1. The van der Waals surface area contributed by atoms with Gasteiger partial charge in [0, 0.05) is 12.6 Å². The Hall–Kier alpha value is -1.58. The number of rotatable bonds is 7. The maximum Gasteiger partial charge on any atom is 0.141 e. The highest BCUT2D eigenvalue weighted by Crippen LogP contribution is 2.20. The molecule has 0 saturated carbocycles. The number of aromatic nitrogens is 1. The van der Waals surface area contributed by atoms with E-state index in [2.05, 4.69) is 37.6 Å². The van der Waals surface area contributed by atoms with E-state index in [9.17, 15) is 0 Å². The summed E-state index contributed by atoms with van der Waals surface area (Å²) in [6, 6.07) is 6.20. The van der Waals surface area contributed by atoms with Crippen LogP contribution in [0, 0.1) is 11.3 Å². The summed E-state index contributed by atoms with van der Waals surface area (Å²) in [5, 5.41) is 7.51. The van der Waals surface area contributed by atoms with E-state index in [4.69, 9.17) is 11.1 Å². The molecule has 4 heteroatoms. The molecule has 0 bridgehead atoms. The maximum atomic E-state index is 7.51. The van der Waals surface area contributed by atoms with E-state index in [0.717, 1.165) is 25.2 Å². The first-order valence-electron chi connectivity index (χ1n) is 7.07. The van der Waals surface area contributed by atoms with Crippen LogP contribution >= 0.6 is 0 Å². The molecule has 1 heterocycles. The zero-order chi connectivity index (χ0) is 14.4. The number of nitrogens with zero attached hydrogens (tertiary/aromatic N) is 2. The highest BCUT2D eigenvalue weighted by Gasteiger charge is 2.18. The molecule has 0 aromatic carbocycles. The minimum Gasteiger partial charge on any atom is -0.382 e. The average Bonchev–Trinajstić information content (AvgIpc) is 2.38. The van der Waals surface area contributed by atoms with Crippen molar-refractivity contribution in [3.63, 3.8) is 0 Å². The summed E-state index contributed by atoms with van der Waals surface area (Å²) in [5.74, 6) is 1.52. The summed E-state index contributed by atoms with van der Waals surface area (Å²) in [6.07, 6.45) is 2.18. The van der Waals surface area contributed by atoms with Gasteiger partial charge in [-0.25, -0.2) is 4.98 Å². The van der Waals surface area contributed by atoms with Gasteiger partial charge in [0.15, 0.2) is 0 Å². The smallest absolute Gasteiger partial charge is 0.141 e. The fourth-order valence-corrected chi connectivity index (χ4v) is 2.29. The molecule has 1 aromatic rings. The molecule has 1 rings (SSSR count). The maximum absolute atomic E-state index is 7.51. The number of hydrogen-bond acceptors (Lipinski definition) is 3. The number of pyridine rings is 1. The zero-order valence-corrected chi connectivity index (χ0v) is 12.5. The van der Waals surface area contributed by atoms with Crippen molar-refractivity contribution >= 4 is 11.7 Å². The van der Waals surface area contributed by atoms with Gasteiger partial charge in [0.05, 0.1) is 0 Å². The Morgan fingerprint density at radius 1 is 1.32 bits per heavy atom. The Labute approximate surface area is 116 Å². The molecule has 0 aliphatic carbocycles. The highest BCUT2D eigenvalue weighted by atomic mass is 15.2. The summed E-state index contributed by atoms with van der Waals surface area (Å²) in [6.45, 7) is 9.81. The van der Waals surface area contributed by atoms with Crippen LogP contribution in [0.3, 0.4) is 0 Å². The Morgan fingerprint density at radius 2 is 1.95 bits per heavy atom. The van der Waals surface area contributed by atoms with Gasteiger partial charge in [0.1, 0.15) is 17.3 Å². The van der Waals surface area contributed by atoms with Crippen molar-refractivity contribution in [2.24, 2.45) is 11.7 Å². The Bertz CT molecular complexity index is 410. The quantitative estimate of drug-likeness (QED) is 0.586. The van der Waals surface area contributed by atoms with Crippen molar-refractivity contribution in [3.05, 3.63) is 23.9 Å². The number of hydrogen-bond donors (Lipinski definition) is 2. The van der Waals surface area contributed by atoms with E-state index in [-0.39, 0.29) is 5.84 Å². The van der Waals surface area contributed by atoms with Crippen LogP contribution < -0.4 is 10.6 Å². The van der Waals surface area contributed by atoms with Gasteiger partial charge in [-0.15, -0.1) is 0 Å². The lowest BCUT2D eigenvalue weighted by molar-refractivity contribution is 0.503. The van der Waals surface area contributed by atoms with Crippen molar-refractivity contribution in [2.45, 2.75) is 46.6 Å². The molecule has 0 aliphatic rings. The van der Waals surface area contributed by atoms with Gasteiger partial charge in [-0.3, -0.25) is 5.41 Å². The third-order valence-corrected chi connectivity index (χ3v) is 3.25. The predicted octanol–water partition coefficient (Wildman–Crippen LogP) is 3.02. The molecule has 106 valence electrons. The summed E-state index contributed by atoms with van der Waals surface area (Å²) >= 11 is 0. The van der Waals surface area contributed by atoms with E-state index < -0.39 is 0 Å². The number of nitrogens with one attached hydrogen (secondary N) is 1. The first-order chi connectivity index (χ1) is 8.99. The first kappa shape index (κ1) is 15.5. The molecule has 0 radical (unpaired) electrons. The molecule has 0 fully saturated rings. The molecule has 0 aliphatic heterocycles. The number of amidine groups is 1. The van der Waals surface area contributed by atoms with Crippen molar-refractivity contribution in [1.82, 2.24) is 4.98 Å². The summed E-state index contributed by atoms with van der Waals surface area (Å²) < 4.78 is 0. The standard InChI is InChI=1S/C15H26N4/c1-5-12(6-2)19(10-11(3)4)14-9-7-8-13(18-14)15(16)17/h7-9,11-12H,5-6,10H2,1-4H3,(H3,16,17). The SMILES string of the molecule is CCC(CC)N(CC(C)C)c1cccc(C(=N)N)n1. The van der Waals surface area contributed by atoms with Crippen LogP contribution in [-0.2, 0) is 0 Å². The van der Waals surface area contributed by atoms with Gasteiger partial charge >= 0.3 is 0 Å². The molecule has 0 spiro atoms. The van der Waals surface area contributed by atoms with Gasteiger partial charge in [0.2, 0.25) is 0 Å². The molecular formula is C15H26N4. The first-order valence-corrected chi connectivity index (χ1v) is 7.07. The van der Waals surface area contributed by atoms with Gasteiger partial charge in [-0.1, -0.05) is 33.8 Å². The highest BCUT2D eigenvalue weighted by molar-refractivity contribution is 5.93. The number of anilines is 1. The lowest BCUT2D eigenvalue weighted by atomic mass is 10.1. The second-order valence-electron chi connectivity index (χ2n) is 5.31. The van der Waals surface area contributed by atoms with Gasteiger partial charge in [0.25, 0.3) is 0 Å². The normalized spacial score (nSPS) is 11.1. The van der Waals surface area contributed by atoms with Crippen LogP contribution in [0.4, 0.5) is 5.82 Å². The third-order valence-electron chi connectivity index (χ3n) is 3.25. The molecule has 1 aromatic heterocycles. The lowest BCUT2D eigenvalue weighted by Crippen LogP contribution is -2.38. The Balaban J connectivity index is 3.08. The van der Waals surface area contributed by atoms with Gasteiger partial charge < -0.3 is 10.6 Å². The fourth-order valence-electron chi connectivity index (χ4n) is 2.29. The third kappa shape index (κ3) is 4.23. The van der Waals surface area contributed by atoms with Gasteiger partial charge in [-0.05, 0) is 30.9 Å². The van der Waals surface area contributed by atoms with E-state index in [1.165, 1.54) is 0 Å². The van der Waals surface area contributed by atoms with E-state index in [1.54, 1.807) is 6.07 Å². The average molecular weight is 262 g/mol. The molecule has 3 N–H and O–H groups in total. The second-order valence-corrected chi connectivity index (χ2v) is 5.31. The monoisotopic (exact) mass is 262 g/mol. The Morgan fingerprint density at radius 3 is 2.42 bits per heavy atom. The van der Waals surface area contributed by atoms with Crippen LogP contribution in [-0.4, -0.2) is 23.4 Å². The fraction of sp³-hybridized carbons (Fsp3) is 0.600. The van der Waals surface area contributed by atoms with Crippen molar-refractivity contribution < 1.29 is 0 Å². The Kier molecular flexibility index (Phi) is 5.80. The van der Waals surface area contributed by atoms with Crippen molar-refractivity contribution in [1.29, 1.82) is 5.41 Å². The molecule has 0 saturated heterocycles. The van der Waals surface area contributed by atoms with Gasteiger partial charge in [-0.2, -0.15) is 0 Å². The minimum absolute atomic E-state index is 0.0240. The van der Waals surface area contributed by atoms with Crippen molar-refractivity contribution in [2.75, 3.05) is 11.4 Å². The van der Waals surface area contributed by atoms with Crippen molar-refractivity contribution in [3.8, 4) is 0 Å². The zero-order valence-electron chi connectivity index (χ0n) is 12.5. The molecule has 0 amide bonds.